The van der Waals surface area contributed by atoms with E-state index in [-0.39, 0.29) is 0 Å². The molecule has 0 unspecified atom stereocenters. The summed E-state index contributed by atoms with van der Waals surface area (Å²) < 4.78 is 21.4. The van der Waals surface area contributed by atoms with E-state index >= 15 is 0 Å². The van der Waals surface area contributed by atoms with E-state index < -0.39 is 23.4 Å². The number of nitrogens with zero attached hydrogens (tertiary/aromatic N) is 3. The van der Waals surface area contributed by atoms with Crippen LogP contribution in [-0.2, 0) is 9.47 Å². The summed E-state index contributed by atoms with van der Waals surface area (Å²) in [4.78, 5) is 26.6. The van der Waals surface area contributed by atoms with Gasteiger partial charge in [0.25, 0.3) is 0 Å². The van der Waals surface area contributed by atoms with Crippen molar-refractivity contribution in [3.63, 3.8) is 0 Å². The smallest absolute Gasteiger partial charge is 0.435 e. The monoisotopic (exact) mass is 653 g/mol. The van der Waals surface area contributed by atoms with Crippen molar-refractivity contribution in [3.8, 4) is 17.1 Å². The Morgan fingerprint density at radius 2 is 1.68 bits per heavy atom. The molecule has 198 valence electrons. The molecular weight excluding hydrogens is 626 g/mol. The van der Waals surface area contributed by atoms with Gasteiger partial charge in [-0.15, -0.1) is 11.3 Å². The van der Waals surface area contributed by atoms with Gasteiger partial charge < -0.3 is 14.2 Å². The van der Waals surface area contributed by atoms with Crippen molar-refractivity contribution in [1.82, 2.24) is 14.3 Å². The maximum absolute atomic E-state index is 13.6. The highest BCUT2D eigenvalue weighted by Gasteiger charge is 2.31. The zero-order valence-corrected chi connectivity index (χ0v) is 25.5. The Kier molecular flexibility index (Phi) is 7.79. The number of benzene rings is 1. The van der Waals surface area contributed by atoms with E-state index in [2.05, 4.69) is 37.0 Å². The predicted octanol–water partition coefficient (Wildman–Crippen LogP) is 8.21. The van der Waals surface area contributed by atoms with Crippen molar-refractivity contribution in [2.75, 3.05) is 11.9 Å². The van der Waals surface area contributed by atoms with Gasteiger partial charge in [-0.3, -0.25) is 0 Å². The van der Waals surface area contributed by atoms with Crippen LogP contribution in [-0.4, -0.2) is 49.7 Å². The number of hydrogen-bond donors (Lipinski definition) is 0. The summed E-state index contributed by atoms with van der Waals surface area (Å²) in [5.74, 6) is 0.635. The van der Waals surface area contributed by atoms with Crippen LogP contribution >= 0.6 is 43.2 Å². The highest BCUT2D eigenvalue weighted by molar-refractivity contribution is 9.10. The predicted molar refractivity (Wildman–Crippen MR) is 153 cm³/mol. The fourth-order valence-electron chi connectivity index (χ4n) is 3.71. The summed E-state index contributed by atoms with van der Waals surface area (Å²) in [6, 6.07) is 7.39. The SMILES string of the molecule is CC(C)(C)OC(=O)n1nc(-c2c(Br)c3ccc(OCCCBr)cc3n2C(=O)OC(C)(C)C)c2sccc21. The van der Waals surface area contributed by atoms with Crippen LogP contribution in [0.15, 0.2) is 34.1 Å². The lowest BCUT2D eigenvalue weighted by atomic mass is 10.2. The summed E-state index contributed by atoms with van der Waals surface area (Å²) >= 11 is 8.55. The second-order valence-corrected chi connectivity index (χ2v) is 12.9. The quantitative estimate of drug-likeness (QED) is 0.159. The molecule has 3 heterocycles. The van der Waals surface area contributed by atoms with E-state index in [1.165, 1.54) is 20.6 Å². The number of fused-ring (bicyclic) bond motifs is 2. The van der Waals surface area contributed by atoms with E-state index in [0.717, 1.165) is 21.8 Å². The number of ether oxygens (including phenoxy) is 3. The first-order valence-electron chi connectivity index (χ1n) is 11.8. The molecule has 0 N–H and O–H groups in total. The van der Waals surface area contributed by atoms with Crippen LogP contribution in [0.1, 0.15) is 48.0 Å². The van der Waals surface area contributed by atoms with Crippen molar-refractivity contribution in [2.45, 2.75) is 59.2 Å². The first-order valence-corrected chi connectivity index (χ1v) is 14.6. The van der Waals surface area contributed by atoms with E-state index in [1.54, 1.807) is 20.8 Å². The second-order valence-electron chi connectivity index (χ2n) is 10.4. The Balaban J connectivity index is 1.95. The van der Waals surface area contributed by atoms with Gasteiger partial charge in [-0.1, -0.05) is 15.9 Å². The molecule has 0 radical (unpaired) electrons. The lowest BCUT2D eigenvalue weighted by molar-refractivity contribution is 0.0520. The third-order valence-corrected chi connectivity index (χ3v) is 7.35. The normalized spacial score (nSPS) is 12.3. The highest BCUT2D eigenvalue weighted by Crippen LogP contribution is 2.43. The van der Waals surface area contributed by atoms with Crippen molar-refractivity contribution in [2.24, 2.45) is 0 Å². The Bertz CT molecular complexity index is 1470. The lowest BCUT2D eigenvalue weighted by Crippen LogP contribution is -2.28. The van der Waals surface area contributed by atoms with E-state index in [0.29, 0.717) is 39.3 Å². The fraction of sp³-hybridized carbons (Fsp3) is 0.423. The summed E-state index contributed by atoms with van der Waals surface area (Å²) in [6.07, 6.45) is -0.313. The third kappa shape index (κ3) is 5.88. The molecule has 0 fully saturated rings. The van der Waals surface area contributed by atoms with Gasteiger partial charge in [-0.25, -0.2) is 14.2 Å². The third-order valence-electron chi connectivity index (χ3n) is 5.08. The summed E-state index contributed by atoms with van der Waals surface area (Å²) in [6.45, 7) is 11.4. The molecule has 4 aromatic rings. The Morgan fingerprint density at radius 1 is 1.00 bits per heavy atom. The minimum absolute atomic E-state index is 0.464. The standard InChI is InChI=1S/C26H29Br2N3O5S/c1-25(2,3)35-23(32)30-18-14-15(34-12-7-11-27)8-9-16(18)19(28)21(30)20-22-17(10-13-37-22)31(29-20)24(33)36-26(4,5)6/h8-10,13-14H,7,11-12H2,1-6H3. The van der Waals surface area contributed by atoms with Gasteiger partial charge in [0.2, 0.25) is 0 Å². The number of rotatable bonds is 5. The van der Waals surface area contributed by atoms with Crippen LogP contribution in [0.5, 0.6) is 5.75 Å². The number of carbonyl (C=O) groups is 2. The summed E-state index contributed by atoms with van der Waals surface area (Å²) in [5, 5.41) is 8.13. The second kappa shape index (κ2) is 10.4. The topological polar surface area (TPSA) is 84.6 Å². The number of thiophene rings is 1. The maximum atomic E-state index is 13.6. The fourth-order valence-corrected chi connectivity index (χ4v) is 5.50. The number of aromatic nitrogens is 3. The van der Waals surface area contributed by atoms with Crippen LogP contribution in [0.4, 0.5) is 9.59 Å². The molecule has 0 saturated carbocycles. The molecule has 3 aromatic heterocycles. The van der Waals surface area contributed by atoms with Crippen molar-refractivity contribution >= 4 is 76.5 Å². The van der Waals surface area contributed by atoms with Crippen LogP contribution in [0.2, 0.25) is 0 Å². The minimum Gasteiger partial charge on any atom is -0.493 e. The number of carbonyl (C=O) groups excluding carboxylic acids is 2. The summed E-state index contributed by atoms with van der Waals surface area (Å²) in [7, 11) is 0. The average Bonchev–Trinajstić information content (AvgIpc) is 3.44. The average molecular weight is 655 g/mol. The first-order chi connectivity index (χ1) is 17.3. The molecule has 0 amide bonds. The van der Waals surface area contributed by atoms with Gasteiger partial charge in [0.05, 0.1) is 32.5 Å². The molecule has 0 aliphatic carbocycles. The van der Waals surface area contributed by atoms with Gasteiger partial charge in [0.15, 0.2) is 0 Å². The molecule has 1 aromatic carbocycles. The van der Waals surface area contributed by atoms with E-state index in [9.17, 15) is 9.59 Å². The molecule has 8 nitrogen and oxygen atoms in total. The molecule has 0 bridgehead atoms. The Morgan fingerprint density at radius 3 is 2.32 bits per heavy atom. The number of alkyl halides is 1. The molecular formula is C26H29Br2N3O5S. The molecule has 0 atom stereocenters. The van der Waals surface area contributed by atoms with Gasteiger partial charge in [0, 0.05) is 16.8 Å². The number of hydrogen-bond acceptors (Lipinski definition) is 7. The minimum atomic E-state index is -0.727. The Hall–Kier alpha value is -2.37. The molecule has 0 aliphatic rings. The van der Waals surface area contributed by atoms with Gasteiger partial charge in [0.1, 0.15) is 22.6 Å². The lowest BCUT2D eigenvalue weighted by Gasteiger charge is -2.21. The molecule has 0 saturated heterocycles. The van der Waals surface area contributed by atoms with Crippen LogP contribution < -0.4 is 4.74 Å². The van der Waals surface area contributed by atoms with Crippen molar-refractivity contribution < 1.29 is 23.8 Å². The van der Waals surface area contributed by atoms with Crippen LogP contribution in [0.25, 0.3) is 32.5 Å². The van der Waals surface area contributed by atoms with Gasteiger partial charge in [-0.2, -0.15) is 9.78 Å². The molecule has 0 spiro atoms. The maximum Gasteiger partial charge on any atom is 0.435 e. The summed E-state index contributed by atoms with van der Waals surface area (Å²) in [5.41, 5.74) is 0.728. The first kappa shape index (κ1) is 27.7. The van der Waals surface area contributed by atoms with E-state index in [1.807, 2.05) is 50.4 Å². The largest absolute Gasteiger partial charge is 0.493 e. The van der Waals surface area contributed by atoms with Gasteiger partial charge in [-0.05, 0) is 87.5 Å². The van der Waals surface area contributed by atoms with Crippen LogP contribution in [0, 0.1) is 0 Å². The molecule has 0 aliphatic heterocycles. The van der Waals surface area contributed by atoms with Crippen molar-refractivity contribution in [3.05, 3.63) is 34.1 Å². The Labute approximate surface area is 236 Å². The van der Waals surface area contributed by atoms with Crippen molar-refractivity contribution in [1.29, 1.82) is 0 Å². The van der Waals surface area contributed by atoms with Crippen LogP contribution in [0.3, 0.4) is 0 Å². The highest BCUT2D eigenvalue weighted by atomic mass is 79.9. The molecule has 37 heavy (non-hydrogen) atoms. The van der Waals surface area contributed by atoms with E-state index in [4.69, 9.17) is 14.2 Å². The zero-order valence-electron chi connectivity index (χ0n) is 21.6. The molecule has 11 heteroatoms. The zero-order chi connectivity index (χ0) is 27.1. The molecule has 4 rings (SSSR count). The number of halogens is 2. The van der Waals surface area contributed by atoms with Gasteiger partial charge >= 0.3 is 12.2 Å².